The summed E-state index contributed by atoms with van der Waals surface area (Å²) in [6, 6.07) is 24.8. The molecule has 5 nitrogen and oxygen atoms in total. The second-order valence-electron chi connectivity index (χ2n) is 6.81. The fourth-order valence-corrected chi connectivity index (χ4v) is 3.41. The van der Waals surface area contributed by atoms with Gasteiger partial charge in [-0.3, -0.25) is 9.59 Å². The summed E-state index contributed by atoms with van der Waals surface area (Å²) in [5.41, 5.74) is 3.86. The Kier molecular flexibility index (Phi) is 4.81. The normalized spacial score (nSPS) is 12.5. The number of nitrogens with zero attached hydrogens (tertiary/aromatic N) is 2. The maximum Gasteiger partial charge on any atom is 0.257 e. The quantitative estimate of drug-likeness (QED) is 0.753. The number of hydrogen-bond donors (Lipinski definition) is 1. The van der Waals surface area contributed by atoms with Crippen molar-refractivity contribution >= 4 is 28.9 Å². The van der Waals surface area contributed by atoms with E-state index in [9.17, 15) is 9.59 Å². The number of likely N-dealkylation sites (N-methyl/N-ethyl adjacent to an activating group) is 1. The van der Waals surface area contributed by atoms with Gasteiger partial charge in [-0.05, 0) is 29.8 Å². The summed E-state index contributed by atoms with van der Waals surface area (Å²) in [7, 11) is 1.80. The van der Waals surface area contributed by atoms with Gasteiger partial charge in [-0.15, -0.1) is 0 Å². The average molecular weight is 371 g/mol. The van der Waals surface area contributed by atoms with Crippen LogP contribution in [0.2, 0.25) is 0 Å². The lowest BCUT2D eigenvalue weighted by atomic mass is 10.1. The van der Waals surface area contributed by atoms with Crippen LogP contribution >= 0.6 is 0 Å². The van der Waals surface area contributed by atoms with Gasteiger partial charge in [0.05, 0.1) is 22.6 Å². The van der Waals surface area contributed by atoms with Gasteiger partial charge < -0.3 is 15.1 Å². The van der Waals surface area contributed by atoms with E-state index in [0.29, 0.717) is 17.8 Å². The Bertz CT molecular complexity index is 1020. The van der Waals surface area contributed by atoms with E-state index in [4.69, 9.17) is 0 Å². The highest BCUT2D eigenvalue weighted by molar-refractivity contribution is 6.13. The van der Waals surface area contributed by atoms with Crippen molar-refractivity contribution in [1.29, 1.82) is 0 Å². The molecule has 1 heterocycles. The molecule has 0 saturated heterocycles. The lowest BCUT2D eigenvalue weighted by Crippen LogP contribution is -2.36. The van der Waals surface area contributed by atoms with E-state index in [1.165, 1.54) is 0 Å². The molecule has 2 amide bonds. The van der Waals surface area contributed by atoms with Crippen LogP contribution in [0, 0.1) is 0 Å². The van der Waals surface area contributed by atoms with Crippen molar-refractivity contribution in [2.45, 2.75) is 6.54 Å². The summed E-state index contributed by atoms with van der Waals surface area (Å²) in [5.74, 6) is -0.196. The van der Waals surface area contributed by atoms with E-state index in [-0.39, 0.29) is 18.4 Å². The maximum absolute atomic E-state index is 13.0. The van der Waals surface area contributed by atoms with Crippen LogP contribution in [0.15, 0.2) is 78.9 Å². The van der Waals surface area contributed by atoms with E-state index < -0.39 is 0 Å². The third-order valence-corrected chi connectivity index (χ3v) is 4.86. The molecule has 0 radical (unpaired) electrons. The maximum atomic E-state index is 13.0. The zero-order valence-corrected chi connectivity index (χ0v) is 15.6. The van der Waals surface area contributed by atoms with E-state index in [1.54, 1.807) is 18.0 Å². The van der Waals surface area contributed by atoms with E-state index in [0.717, 1.165) is 16.9 Å². The largest absolute Gasteiger partial charge is 0.340 e. The second-order valence-corrected chi connectivity index (χ2v) is 6.81. The monoisotopic (exact) mass is 371 g/mol. The predicted molar refractivity (Wildman–Crippen MR) is 111 cm³/mol. The Morgan fingerprint density at radius 2 is 1.54 bits per heavy atom. The molecule has 0 aromatic heterocycles. The topological polar surface area (TPSA) is 52.7 Å². The van der Waals surface area contributed by atoms with E-state index in [1.807, 2.05) is 77.7 Å². The van der Waals surface area contributed by atoms with Crippen molar-refractivity contribution in [2.75, 3.05) is 23.8 Å². The van der Waals surface area contributed by atoms with Crippen LogP contribution in [0.3, 0.4) is 0 Å². The number of anilines is 3. The number of para-hydroxylation sites is 3. The lowest BCUT2D eigenvalue weighted by molar-refractivity contribution is -0.128. The first kappa shape index (κ1) is 17.8. The van der Waals surface area contributed by atoms with Crippen molar-refractivity contribution in [2.24, 2.45) is 0 Å². The van der Waals surface area contributed by atoms with Gasteiger partial charge in [-0.2, -0.15) is 0 Å². The first-order chi connectivity index (χ1) is 13.6. The first-order valence-corrected chi connectivity index (χ1v) is 9.18. The molecule has 1 aliphatic heterocycles. The third-order valence-electron chi connectivity index (χ3n) is 4.86. The first-order valence-electron chi connectivity index (χ1n) is 9.18. The highest BCUT2D eigenvalue weighted by Crippen LogP contribution is 2.37. The fourth-order valence-electron chi connectivity index (χ4n) is 3.41. The summed E-state index contributed by atoms with van der Waals surface area (Å²) in [5, 5.41) is 2.95. The van der Waals surface area contributed by atoms with Crippen LogP contribution in [-0.2, 0) is 11.3 Å². The number of amides is 2. The molecule has 4 rings (SSSR count). The highest BCUT2D eigenvalue weighted by Gasteiger charge is 2.26. The molecule has 0 bridgehead atoms. The molecule has 0 saturated carbocycles. The van der Waals surface area contributed by atoms with Gasteiger partial charge in [0, 0.05) is 13.6 Å². The molecule has 28 heavy (non-hydrogen) atoms. The fraction of sp³-hybridized carbons (Fsp3) is 0.130. The molecule has 0 atom stereocenters. The minimum absolute atomic E-state index is 0.0252. The van der Waals surface area contributed by atoms with Crippen LogP contribution in [0.4, 0.5) is 17.1 Å². The zero-order chi connectivity index (χ0) is 19.5. The molecule has 3 aromatic carbocycles. The summed E-state index contributed by atoms with van der Waals surface area (Å²) in [6.07, 6.45) is 0. The molecule has 1 N–H and O–H groups in total. The number of hydrogen-bond acceptors (Lipinski definition) is 3. The van der Waals surface area contributed by atoms with Gasteiger partial charge in [0.15, 0.2) is 0 Å². The molecule has 0 aliphatic carbocycles. The number of nitrogens with one attached hydrogen (secondary N) is 1. The molecule has 5 heteroatoms. The standard InChI is InChI=1S/C23H21N3O2/c1-25(15-17-9-3-2-4-10-17)22(27)16-26-20-13-7-5-11-18(20)23(28)24-19-12-6-8-14-21(19)26/h2-14H,15-16H2,1H3,(H,24,28). The zero-order valence-electron chi connectivity index (χ0n) is 15.6. The van der Waals surface area contributed by atoms with Crippen LogP contribution < -0.4 is 10.2 Å². The van der Waals surface area contributed by atoms with Gasteiger partial charge in [-0.25, -0.2) is 0 Å². The van der Waals surface area contributed by atoms with Crippen LogP contribution in [0.5, 0.6) is 0 Å². The summed E-state index contributed by atoms with van der Waals surface area (Å²) in [6.45, 7) is 0.681. The number of carbonyl (C=O) groups excluding carboxylic acids is 2. The molecular formula is C23H21N3O2. The summed E-state index contributed by atoms with van der Waals surface area (Å²) >= 11 is 0. The molecular weight excluding hydrogens is 350 g/mol. The van der Waals surface area contributed by atoms with Crippen molar-refractivity contribution in [3.8, 4) is 0 Å². The van der Waals surface area contributed by atoms with Crippen LogP contribution in [0.1, 0.15) is 15.9 Å². The van der Waals surface area contributed by atoms with Crippen molar-refractivity contribution in [3.05, 3.63) is 90.0 Å². The van der Waals surface area contributed by atoms with Crippen LogP contribution in [0.25, 0.3) is 0 Å². The van der Waals surface area contributed by atoms with Gasteiger partial charge in [-0.1, -0.05) is 54.6 Å². The lowest BCUT2D eigenvalue weighted by Gasteiger charge is -2.27. The van der Waals surface area contributed by atoms with Crippen molar-refractivity contribution in [3.63, 3.8) is 0 Å². The SMILES string of the molecule is CN(Cc1ccccc1)C(=O)CN1c2ccccc2NC(=O)c2ccccc21. The molecule has 0 unspecified atom stereocenters. The van der Waals surface area contributed by atoms with Gasteiger partial charge in [0.25, 0.3) is 5.91 Å². The van der Waals surface area contributed by atoms with Crippen molar-refractivity contribution in [1.82, 2.24) is 4.90 Å². The Labute approximate surface area is 164 Å². The average Bonchev–Trinajstić information content (AvgIpc) is 2.84. The second kappa shape index (κ2) is 7.56. The Hall–Kier alpha value is -3.60. The number of rotatable bonds is 4. The summed E-state index contributed by atoms with van der Waals surface area (Å²) < 4.78 is 0. The Balaban J connectivity index is 1.66. The number of carbonyl (C=O) groups is 2. The number of benzene rings is 3. The molecule has 0 spiro atoms. The van der Waals surface area contributed by atoms with E-state index in [2.05, 4.69) is 5.32 Å². The minimum Gasteiger partial charge on any atom is -0.340 e. The summed E-state index contributed by atoms with van der Waals surface area (Å²) in [4.78, 5) is 29.3. The highest BCUT2D eigenvalue weighted by atomic mass is 16.2. The minimum atomic E-state index is -0.171. The third kappa shape index (κ3) is 3.47. The smallest absolute Gasteiger partial charge is 0.257 e. The van der Waals surface area contributed by atoms with Gasteiger partial charge >= 0.3 is 0 Å². The van der Waals surface area contributed by atoms with Crippen LogP contribution in [-0.4, -0.2) is 30.3 Å². The Morgan fingerprint density at radius 1 is 0.893 bits per heavy atom. The predicted octanol–water partition coefficient (Wildman–Crippen LogP) is 4.05. The molecule has 0 fully saturated rings. The Morgan fingerprint density at radius 3 is 2.32 bits per heavy atom. The molecule has 140 valence electrons. The van der Waals surface area contributed by atoms with Gasteiger partial charge in [0.1, 0.15) is 6.54 Å². The van der Waals surface area contributed by atoms with E-state index >= 15 is 0 Å². The molecule has 1 aliphatic rings. The van der Waals surface area contributed by atoms with Gasteiger partial charge in [0.2, 0.25) is 5.91 Å². The molecule has 3 aromatic rings. The number of fused-ring (bicyclic) bond motifs is 2. The van der Waals surface area contributed by atoms with Crippen molar-refractivity contribution < 1.29 is 9.59 Å².